The van der Waals surface area contributed by atoms with Crippen LogP contribution in [0.3, 0.4) is 0 Å². The van der Waals surface area contributed by atoms with Crippen LogP contribution in [0.15, 0.2) is 49.1 Å². The van der Waals surface area contributed by atoms with Crippen molar-refractivity contribution in [1.29, 1.82) is 0 Å². The van der Waals surface area contributed by atoms with Crippen molar-refractivity contribution in [2.75, 3.05) is 5.75 Å². The third-order valence-corrected chi connectivity index (χ3v) is 5.80. The van der Waals surface area contributed by atoms with Gasteiger partial charge in [0, 0.05) is 24.2 Å². The lowest BCUT2D eigenvalue weighted by Crippen LogP contribution is -2.14. The summed E-state index contributed by atoms with van der Waals surface area (Å²) >= 11 is 2.15. The van der Waals surface area contributed by atoms with Crippen LogP contribution in [0.5, 0.6) is 0 Å². The van der Waals surface area contributed by atoms with Gasteiger partial charge in [-0.05, 0) is 30.6 Å². The summed E-state index contributed by atoms with van der Waals surface area (Å²) in [6, 6.07) is 10.9. The molecule has 0 saturated carbocycles. The molecule has 1 unspecified atom stereocenters. The fraction of sp³-hybridized carbons (Fsp3) is 0.571. The minimum absolute atomic E-state index is 0.676. The highest BCUT2D eigenvalue weighted by Crippen LogP contribution is 2.21. The number of nitrogens with zero attached hydrogens (tertiary/aromatic N) is 2. The molecule has 2 nitrogen and oxygen atoms in total. The second-order valence-electron chi connectivity index (χ2n) is 6.54. The Morgan fingerprint density at radius 3 is 2.58 bits per heavy atom. The molecule has 24 heavy (non-hydrogen) atoms. The van der Waals surface area contributed by atoms with Gasteiger partial charge in [-0.2, -0.15) is 11.8 Å². The molecule has 132 valence electrons. The Morgan fingerprint density at radius 2 is 1.83 bits per heavy atom. The van der Waals surface area contributed by atoms with Crippen LogP contribution in [0.2, 0.25) is 0 Å². The second-order valence-corrected chi connectivity index (χ2v) is 7.95. The van der Waals surface area contributed by atoms with E-state index in [2.05, 4.69) is 64.8 Å². The Balaban J connectivity index is 1.71. The largest absolute Gasteiger partial charge is 0.336 e. The van der Waals surface area contributed by atoms with E-state index in [9.17, 15) is 0 Å². The highest BCUT2D eigenvalue weighted by Gasteiger charge is 2.10. The van der Waals surface area contributed by atoms with Crippen LogP contribution >= 0.6 is 11.8 Å². The van der Waals surface area contributed by atoms with E-state index in [1.54, 1.807) is 0 Å². The van der Waals surface area contributed by atoms with Crippen LogP contribution in [0, 0.1) is 0 Å². The lowest BCUT2D eigenvalue weighted by Gasteiger charge is -2.17. The molecule has 1 aromatic heterocycles. The number of imidazole rings is 1. The lowest BCUT2D eigenvalue weighted by atomic mass is 10.1. The molecule has 1 aromatic carbocycles. The van der Waals surface area contributed by atoms with Gasteiger partial charge in [0.25, 0.3) is 0 Å². The third-order valence-electron chi connectivity index (χ3n) is 4.42. The summed E-state index contributed by atoms with van der Waals surface area (Å²) in [4.78, 5) is 4.19. The Bertz CT molecular complexity index is 510. The number of unbranched alkanes of at least 4 members (excludes halogenated alkanes) is 5. The number of aryl methyl sites for hydroxylation is 1. The molecule has 1 atom stereocenters. The summed E-state index contributed by atoms with van der Waals surface area (Å²) in [6.07, 6.45) is 16.6. The van der Waals surface area contributed by atoms with Crippen LogP contribution in [0.4, 0.5) is 0 Å². The topological polar surface area (TPSA) is 17.8 Å². The van der Waals surface area contributed by atoms with Gasteiger partial charge in [0.2, 0.25) is 0 Å². The quantitative estimate of drug-likeness (QED) is 0.416. The van der Waals surface area contributed by atoms with E-state index in [1.165, 1.54) is 62.7 Å². The average Bonchev–Trinajstić information content (AvgIpc) is 3.12. The number of thioether (sulfide) groups is 1. The number of aromatic nitrogens is 2. The van der Waals surface area contributed by atoms with E-state index < -0.39 is 0 Å². The third kappa shape index (κ3) is 8.05. The van der Waals surface area contributed by atoms with Crippen LogP contribution < -0.4 is 0 Å². The summed E-state index contributed by atoms with van der Waals surface area (Å²) in [5, 5.41) is 0.676. The molecule has 0 aliphatic carbocycles. The number of rotatable bonds is 13. The monoisotopic (exact) mass is 344 g/mol. The molecular formula is C21H32N2S. The smallest absolute Gasteiger partial charge is 0.0946 e. The van der Waals surface area contributed by atoms with Gasteiger partial charge in [-0.3, -0.25) is 0 Å². The van der Waals surface area contributed by atoms with Gasteiger partial charge in [0.1, 0.15) is 0 Å². The molecule has 0 aliphatic rings. The van der Waals surface area contributed by atoms with Crippen molar-refractivity contribution in [3.8, 4) is 0 Å². The summed E-state index contributed by atoms with van der Waals surface area (Å²) in [7, 11) is 0. The summed E-state index contributed by atoms with van der Waals surface area (Å²) < 4.78 is 2.23. The SMILES string of the molecule is CCCCCCCCSC(CCc1ccccc1)Cn1ccnc1. The van der Waals surface area contributed by atoms with Crippen LogP contribution in [-0.4, -0.2) is 20.6 Å². The van der Waals surface area contributed by atoms with Crippen LogP contribution in [0.1, 0.15) is 57.4 Å². The molecule has 0 spiro atoms. The van der Waals surface area contributed by atoms with Crippen molar-refractivity contribution in [2.24, 2.45) is 0 Å². The molecule has 0 amide bonds. The summed E-state index contributed by atoms with van der Waals surface area (Å²) in [6.45, 7) is 3.36. The minimum Gasteiger partial charge on any atom is -0.336 e. The van der Waals surface area contributed by atoms with E-state index in [4.69, 9.17) is 0 Å². The van der Waals surface area contributed by atoms with Crippen molar-refractivity contribution < 1.29 is 0 Å². The molecular weight excluding hydrogens is 312 g/mol. The molecule has 0 radical (unpaired) electrons. The standard InChI is InChI=1S/C21H32N2S/c1-2-3-4-5-6-10-17-24-21(18-23-16-15-22-19-23)14-13-20-11-8-7-9-12-20/h7-9,11-12,15-16,19,21H,2-6,10,13-14,17-18H2,1H3. The van der Waals surface area contributed by atoms with Crippen molar-refractivity contribution in [3.05, 3.63) is 54.6 Å². The van der Waals surface area contributed by atoms with Crippen molar-refractivity contribution in [1.82, 2.24) is 9.55 Å². The fourth-order valence-electron chi connectivity index (χ4n) is 2.96. The van der Waals surface area contributed by atoms with E-state index in [-0.39, 0.29) is 0 Å². The van der Waals surface area contributed by atoms with Gasteiger partial charge < -0.3 is 4.57 Å². The first kappa shape index (κ1) is 19.1. The van der Waals surface area contributed by atoms with E-state index in [0.29, 0.717) is 5.25 Å². The van der Waals surface area contributed by atoms with Crippen LogP contribution in [-0.2, 0) is 13.0 Å². The van der Waals surface area contributed by atoms with E-state index >= 15 is 0 Å². The van der Waals surface area contributed by atoms with Crippen LogP contribution in [0.25, 0.3) is 0 Å². The highest BCUT2D eigenvalue weighted by atomic mass is 32.2. The molecule has 1 heterocycles. The maximum absolute atomic E-state index is 4.19. The first-order chi connectivity index (χ1) is 11.9. The zero-order chi connectivity index (χ0) is 16.9. The maximum Gasteiger partial charge on any atom is 0.0946 e. The lowest BCUT2D eigenvalue weighted by molar-refractivity contribution is 0.616. The summed E-state index contributed by atoms with van der Waals surface area (Å²) in [5.41, 5.74) is 1.45. The zero-order valence-corrected chi connectivity index (χ0v) is 15.9. The molecule has 2 rings (SSSR count). The molecule has 3 heteroatoms. The predicted octanol–water partition coefficient (Wildman–Crippen LogP) is 5.98. The predicted molar refractivity (Wildman–Crippen MR) is 107 cm³/mol. The van der Waals surface area contributed by atoms with E-state index in [0.717, 1.165) is 6.54 Å². The molecule has 0 N–H and O–H groups in total. The molecule has 2 aromatic rings. The number of benzene rings is 1. The Kier molecular flexibility index (Phi) is 9.70. The average molecular weight is 345 g/mol. The van der Waals surface area contributed by atoms with Crippen molar-refractivity contribution in [3.63, 3.8) is 0 Å². The van der Waals surface area contributed by atoms with Crippen molar-refractivity contribution >= 4 is 11.8 Å². The Labute approximate surface area is 152 Å². The Morgan fingerprint density at radius 1 is 1.04 bits per heavy atom. The van der Waals surface area contributed by atoms with Gasteiger partial charge in [-0.25, -0.2) is 4.98 Å². The fourth-order valence-corrected chi connectivity index (χ4v) is 4.23. The van der Waals surface area contributed by atoms with E-state index in [1.807, 2.05) is 12.5 Å². The Hall–Kier alpha value is -1.22. The second kappa shape index (κ2) is 12.2. The molecule has 0 saturated heterocycles. The summed E-state index contributed by atoms with van der Waals surface area (Å²) in [5.74, 6) is 1.29. The molecule has 0 aliphatic heterocycles. The van der Waals surface area contributed by atoms with Gasteiger partial charge in [0.05, 0.1) is 6.33 Å². The van der Waals surface area contributed by atoms with Crippen molar-refractivity contribution in [2.45, 2.75) is 70.1 Å². The van der Waals surface area contributed by atoms with Gasteiger partial charge in [-0.15, -0.1) is 0 Å². The minimum atomic E-state index is 0.676. The highest BCUT2D eigenvalue weighted by molar-refractivity contribution is 7.99. The number of hydrogen-bond acceptors (Lipinski definition) is 2. The zero-order valence-electron chi connectivity index (χ0n) is 15.1. The molecule has 0 bridgehead atoms. The maximum atomic E-state index is 4.19. The first-order valence-electron chi connectivity index (χ1n) is 9.49. The van der Waals surface area contributed by atoms with Gasteiger partial charge >= 0.3 is 0 Å². The van der Waals surface area contributed by atoms with Gasteiger partial charge in [-0.1, -0.05) is 69.4 Å². The first-order valence-corrected chi connectivity index (χ1v) is 10.5. The normalized spacial score (nSPS) is 12.4. The number of hydrogen-bond donors (Lipinski definition) is 0. The van der Waals surface area contributed by atoms with Gasteiger partial charge in [0.15, 0.2) is 0 Å². The molecule has 0 fully saturated rings.